The number of fused-ring (bicyclic) bond motifs is 1. The van der Waals surface area contributed by atoms with E-state index in [-0.39, 0.29) is 22.8 Å². The van der Waals surface area contributed by atoms with Crippen LogP contribution in [0.15, 0.2) is 23.4 Å². The quantitative estimate of drug-likeness (QED) is 0.551. The van der Waals surface area contributed by atoms with Crippen molar-refractivity contribution in [1.29, 1.82) is 0 Å². The van der Waals surface area contributed by atoms with E-state index < -0.39 is 11.4 Å². The van der Waals surface area contributed by atoms with Crippen LogP contribution in [0.1, 0.15) is 36.2 Å². The molecule has 0 saturated carbocycles. The lowest BCUT2D eigenvalue weighted by molar-refractivity contribution is -0.125. The van der Waals surface area contributed by atoms with E-state index in [4.69, 9.17) is 0 Å². The second-order valence-electron chi connectivity index (χ2n) is 8.34. The highest BCUT2D eigenvalue weighted by molar-refractivity contribution is 7.08. The summed E-state index contributed by atoms with van der Waals surface area (Å²) in [5.41, 5.74) is -0.0129. The Kier molecular flexibility index (Phi) is 5.92. The molecule has 4 rings (SSSR count). The molecule has 10 nitrogen and oxygen atoms in total. The van der Waals surface area contributed by atoms with Crippen molar-refractivity contribution in [2.24, 2.45) is 11.8 Å². The Morgan fingerprint density at radius 2 is 2.09 bits per heavy atom. The number of rotatable bonds is 7. The highest BCUT2D eigenvalue weighted by atomic mass is 32.1. The molecule has 3 aromatic heterocycles. The molecule has 168 valence electrons. The van der Waals surface area contributed by atoms with Crippen molar-refractivity contribution in [2.45, 2.75) is 27.2 Å². The van der Waals surface area contributed by atoms with Crippen molar-refractivity contribution < 1.29 is 14.7 Å². The van der Waals surface area contributed by atoms with Crippen LogP contribution in [0, 0.1) is 18.8 Å². The number of carbonyl (C=O) groups excluding carboxylic acids is 1. The maximum absolute atomic E-state index is 12.8. The van der Waals surface area contributed by atoms with E-state index in [1.165, 1.54) is 17.1 Å². The third-order valence-corrected chi connectivity index (χ3v) is 6.19. The summed E-state index contributed by atoms with van der Waals surface area (Å²) in [6, 6.07) is 1.76. The second kappa shape index (κ2) is 8.65. The number of nitrogens with zero attached hydrogens (tertiary/aromatic N) is 5. The Hall–Kier alpha value is -3.34. The fraction of sp³-hybridized carbons (Fsp3) is 0.429. The number of hydrogen-bond acceptors (Lipinski definition) is 8. The minimum absolute atomic E-state index is 0.0382. The zero-order chi connectivity index (χ0) is 23.0. The monoisotopic (exact) mass is 456 g/mol. The molecule has 1 saturated heterocycles. The summed E-state index contributed by atoms with van der Waals surface area (Å²) in [5.74, 6) is -0.226. The molecule has 1 amide bonds. The van der Waals surface area contributed by atoms with Crippen LogP contribution >= 0.6 is 11.5 Å². The summed E-state index contributed by atoms with van der Waals surface area (Å²) in [7, 11) is 0. The van der Waals surface area contributed by atoms with Crippen LogP contribution in [-0.4, -0.2) is 55.5 Å². The number of pyridine rings is 2. The second-order valence-corrected chi connectivity index (χ2v) is 9.10. The molecule has 0 atom stereocenters. The van der Waals surface area contributed by atoms with E-state index in [2.05, 4.69) is 33.5 Å². The number of hydrogen-bond donors (Lipinski definition) is 2. The van der Waals surface area contributed by atoms with Gasteiger partial charge in [-0.25, -0.2) is 14.8 Å². The van der Waals surface area contributed by atoms with Crippen LogP contribution < -0.4 is 15.6 Å². The predicted molar refractivity (Wildman–Crippen MR) is 121 cm³/mol. The molecule has 0 aliphatic carbocycles. The van der Waals surface area contributed by atoms with E-state index >= 15 is 0 Å². The number of anilines is 1. The van der Waals surface area contributed by atoms with Crippen molar-refractivity contribution >= 4 is 40.3 Å². The number of amides is 1. The first-order valence-corrected chi connectivity index (χ1v) is 11.1. The van der Waals surface area contributed by atoms with Crippen molar-refractivity contribution in [2.75, 3.05) is 24.5 Å². The van der Waals surface area contributed by atoms with E-state index in [1.807, 2.05) is 4.90 Å². The van der Waals surface area contributed by atoms with Crippen molar-refractivity contribution in [1.82, 2.24) is 24.2 Å². The Morgan fingerprint density at radius 1 is 1.34 bits per heavy atom. The zero-order valence-corrected chi connectivity index (χ0v) is 18.8. The van der Waals surface area contributed by atoms with Gasteiger partial charge >= 0.3 is 5.97 Å². The molecule has 0 radical (unpaired) electrons. The molecule has 0 spiro atoms. The van der Waals surface area contributed by atoms with Crippen LogP contribution in [0.2, 0.25) is 0 Å². The molecule has 1 aliphatic heterocycles. The molecule has 2 N–H and O–H groups in total. The zero-order valence-electron chi connectivity index (χ0n) is 18.0. The first-order valence-electron chi connectivity index (χ1n) is 10.4. The van der Waals surface area contributed by atoms with Gasteiger partial charge in [0.1, 0.15) is 17.7 Å². The number of carboxylic acid groups (broad SMARTS) is 1. The molecule has 4 heterocycles. The number of nitrogens with one attached hydrogen (secondary N) is 1. The summed E-state index contributed by atoms with van der Waals surface area (Å²) in [6.45, 7) is 7.71. The first-order chi connectivity index (χ1) is 15.3. The fourth-order valence-corrected chi connectivity index (χ4v) is 4.18. The summed E-state index contributed by atoms with van der Waals surface area (Å²) in [4.78, 5) is 47.6. The molecule has 0 aromatic carbocycles. The minimum Gasteiger partial charge on any atom is -0.477 e. The van der Waals surface area contributed by atoms with Crippen molar-refractivity contribution in [3.05, 3.63) is 39.9 Å². The van der Waals surface area contributed by atoms with Crippen molar-refractivity contribution in [3.8, 4) is 5.13 Å². The van der Waals surface area contributed by atoms with Gasteiger partial charge in [0.25, 0.3) is 0 Å². The summed E-state index contributed by atoms with van der Waals surface area (Å²) >= 11 is 1.07. The van der Waals surface area contributed by atoms with Crippen molar-refractivity contribution in [3.63, 3.8) is 0 Å². The number of aromatic carboxylic acids is 1. The van der Waals surface area contributed by atoms with Gasteiger partial charge in [0.15, 0.2) is 5.65 Å². The van der Waals surface area contributed by atoms with Gasteiger partial charge < -0.3 is 15.3 Å². The molecule has 1 aliphatic rings. The third kappa shape index (κ3) is 4.07. The Bertz CT molecular complexity index is 1230. The lowest BCUT2D eigenvalue weighted by Gasteiger charge is -2.39. The van der Waals surface area contributed by atoms with E-state index in [0.29, 0.717) is 47.7 Å². The van der Waals surface area contributed by atoms with Gasteiger partial charge in [-0.15, -0.1) is 0 Å². The summed E-state index contributed by atoms with van der Waals surface area (Å²) < 4.78 is 5.47. The van der Waals surface area contributed by atoms with E-state index in [1.54, 1.807) is 13.0 Å². The highest BCUT2D eigenvalue weighted by Gasteiger charge is 2.34. The van der Waals surface area contributed by atoms with Gasteiger partial charge in [0, 0.05) is 37.4 Å². The third-order valence-electron chi connectivity index (χ3n) is 5.53. The fourth-order valence-electron chi connectivity index (χ4n) is 3.67. The van der Waals surface area contributed by atoms with E-state index in [9.17, 15) is 19.5 Å². The van der Waals surface area contributed by atoms with Crippen LogP contribution in [-0.2, 0) is 4.79 Å². The lowest BCUT2D eigenvalue weighted by atomic mass is 9.98. The lowest BCUT2D eigenvalue weighted by Crippen LogP contribution is -2.54. The molecule has 3 aromatic rings. The Labute approximate surface area is 188 Å². The van der Waals surface area contributed by atoms with Gasteiger partial charge in [-0.3, -0.25) is 14.2 Å². The summed E-state index contributed by atoms with van der Waals surface area (Å²) in [6.07, 6.45) is 3.54. The molecule has 32 heavy (non-hydrogen) atoms. The predicted octanol–water partition coefficient (Wildman–Crippen LogP) is 1.84. The van der Waals surface area contributed by atoms with Gasteiger partial charge in [-0.2, -0.15) is 4.37 Å². The molecule has 1 fully saturated rings. The van der Waals surface area contributed by atoms with Gasteiger partial charge in [0.05, 0.1) is 11.3 Å². The maximum atomic E-state index is 12.8. The smallest absolute Gasteiger partial charge is 0.341 e. The van der Waals surface area contributed by atoms with Gasteiger partial charge in [-0.1, -0.05) is 13.8 Å². The number of carbonyl (C=O) groups is 2. The van der Waals surface area contributed by atoms with Crippen LogP contribution in [0.3, 0.4) is 0 Å². The molecule has 0 bridgehead atoms. The first kappa shape index (κ1) is 21.9. The normalized spacial score (nSPS) is 14.1. The Balaban J connectivity index is 1.65. The molecular formula is C21H24N6O4S. The highest BCUT2D eigenvalue weighted by Crippen LogP contribution is 2.28. The average Bonchev–Trinajstić information content (AvgIpc) is 3.20. The summed E-state index contributed by atoms with van der Waals surface area (Å²) in [5, 5.41) is 13.1. The number of carboxylic acids is 1. The molecule has 11 heteroatoms. The van der Waals surface area contributed by atoms with Crippen LogP contribution in [0.4, 0.5) is 5.82 Å². The SMILES string of the molecule is Cc1cc(N2CC(C(=O)NCCC(C)C)C2)nc2c1c(=O)c(C(=O)O)cn2-c1ncns1. The molecular weight excluding hydrogens is 432 g/mol. The largest absolute Gasteiger partial charge is 0.477 e. The van der Waals surface area contributed by atoms with E-state index in [0.717, 1.165) is 18.0 Å². The number of aromatic nitrogens is 4. The van der Waals surface area contributed by atoms with Gasteiger partial charge in [-0.05, 0) is 30.9 Å². The number of aryl methyl sites for hydroxylation is 1. The topological polar surface area (TPSA) is 130 Å². The Morgan fingerprint density at radius 3 is 2.72 bits per heavy atom. The minimum atomic E-state index is -1.31. The van der Waals surface area contributed by atoms with Gasteiger partial charge in [0.2, 0.25) is 16.5 Å². The molecule has 0 unspecified atom stereocenters. The standard InChI is InChI=1S/C21H24N6O4S/c1-11(2)4-5-22-19(29)13-7-26(8-13)15-6-12(3)16-17(28)14(20(30)31)9-27(18(16)25-15)21-23-10-24-32-21/h6,9-11,13H,4-5,7-8H2,1-3H3,(H,22,29)(H,30,31). The van der Waals surface area contributed by atoms with Crippen LogP contribution in [0.5, 0.6) is 0 Å². The maximum Gasteiger partial charge on any atom is 0.341 e. The van der Waals surface area contributed by atoms with Crippen LogP contribution in [0.25, 0.3) is 16.2 Å². The average molecular weight is 457 g/mol.